The molecule has 0 spiro atoms. The Morgan fingerprint density at radius 1 is 0.420 bits per heavy atom. The van der Waals surface area contributed by atoms with E-state index in [1.807, 2.05) is 95.1 Å². The lowest BCUT2D eigenvalue weighted by Gasteiger charge is -2.23. The number of para-hydroxylation sites is 5. The Bertz CT molecular complexity index is 5250. The summed E-state index contributed by atoms with van der Waals surface area (Å²) in [4.78, 5) is 64.7. The summed E-state index contributed by atoms with van der Waals surface area (Å²) in [6.07, 6.45) is 8.36. The molecule has 112 heavy (non-hydrogen) atoms. The quantitative estimate of drug-likeness (QED) is 0.0165. The van der Waals surface area contributed by atoms with Crippen LogP contribution in [0.15, 0.2) is 146 Å². The molecule has 0 fully saturated rings. The molecule has 0 saturated carbocycles. The molecule has 0 radical (unpaired) electrons. The number of aryl methyl sites for hydroxylation is 5. The molecule has 0 atom stereocenters. The van der Waals surface area contributed by atoms with Crippen LogP contribution in [0.25, 0.3) is 0 Å². The molecule has 5 aliphatic rings. The predicted octanol–water partition coefficient (Wildman–Crippen LogP) is 6.59. The van der Waals surface area contributed by atoms with Gasteiger partial charge in [-0.05, 0) is 99.2 Å². The van der Waals surface area contributed by atoms with Crippen molar-refractivity contribution in [3.05, 3.63) is 163 Å². The fraction of sp³-hybridized carbons (Fsp3) is 0.254. The van der Waals surface area contributed by atoms with Crippen molar-refractivity contribution in [1.29, 1.82) is 5.41 Å². The Hall–Kier alpha value is -13.9. The lowest BCUT2D eigenvalue weighted by atomic mass is 10.2. The average molecular weight is 1570 g/mol. The summed E-state index contributed by atoms with van der Waals surface area (Å²) in [5.74, 6) is 11.3. The highest BCUT2D eigenvalue weighted by Crippen LogP contribution is 2.50. The number of guanidine groups is 3. The lowest BCUT2D eigenvalue weighted by Crippen LogP contribution is -2.35. The van der Waals surface area contributed by atoms with Crippen LogP contribution in [0, 0.1) is 15.0 Å². The molecule has 0 amide bonds. The highest BCUT2D eigenvalue weighted by atomic mass is 32.1. The van der Waals surface area contributed by atoms with E-state index in [1.54, 1.807) is 97.3 Å². The summed E-state index contributed by atoms with van der Waals surface area (Å²) in [6, 6.07) is 27.5. The van der Waals surface area contributed by atoms with Gasteiger partial charge in [0.05, 0.1) is 50.6 Å². The maximum absolute atomic E-state index is 11.7. The molecular formula is C71H82N26O13S2. The number of hydrogen-bond acceptors (Lipinski definition) is 30. The first-order valence-corrected chi connectivity index (χ1v) is 35.1. The Labute approximate surface area is 649 Å². The van der Waals surface area contributed by atoms with Crippen molar-refractivity contribution < 1.29 is 47.4 Å². The van der Waals surface area contributed by atoms with Gasteiger partial charge in [0.2, 0.25) is 9.54 Å². The van der Waals surface area contributed by atoms with E-state index in [-0.39, 0.29) is 34.9 Å². The molecule has 5 aromatic heterocycles. The van der Waals surface area contributed by atoms with Crippen molar-refractivity contribution in [3.63, 3.8) is 0 Å². The fourth-order valence-corrected chi connectivity index (χ4v) is 10.7. The van der Waals surface area contributed by atoms with Gasteiger partial charge < -0.3 is 127 Å². The Morgan fingerprint density at radius 2 is 0.679 bits per heavy atom. The van der Waals surface area contributed by atoms with Crippen LogP contribution in [-0.2, 0) is 35.2 Å². The van der Waals surface area contributed by atoms with Crippen LogP contribution in [0.3, 0.4) is 0 Å². The Kier molecular flexibility index (Phi) is 25.7. The monoisotopic (exact) mass is 1570 g/mol. The number of likely N-dealkylation sites (N-methyl/N-ethyl adjacent to an activating group) is 3. The van der Waals surface area contributed by atoms with E-state index in [1.165, 1.54) is 13.7 Å². The van der Waals surface area contributed by atoms with Crippen LogP contribution in [-0.4, -0.2) is 157 Å². The van der Waals surface area contributed by atoms with Gasteiger partial charge in [-0.25, -0.2) is 14.4 Å². The first kappa shape index (κ1) is 79.1. The first-order chi connectivity index (χ1) is 53.9. The number of aliphatic imine (C=N–C) groups is 2. The van der Waals surface area contributed by atoms with Crippen molar-refractivity contribution in [1.82, 2.24) is 63.3 Å². The number of fused-ring (bicyclic) bond motifs is 10. The second kappa shape index (κ2) is 36.3. The van der Waals surface area contributed by atoms with Crippen LogP contribution in [0.1, 0.15) is 0 Å². The van der Waals surface area contributed by atoms with Gasteiger partial charge in [0, 0.05) is 55.4 Å². The summed E-state index contributed by atoms with van der Waals surface area (Å²) in [7, 11) is 14.0. The van der Waals surface area contributed by atoms with Gasteiger partial charge in [-0.1, -0.05) is 30.3 Å². The molecule has 15 rings (SSSR count). The van der Waals surface area contributed by atoms with E-state index in [0.717, 1.165) is 24.5 Å². The van der Waals surface area contributed by atoms with Crippen molar-refractivity contribution >= 4 is 99.8 Å². The third kappa shape index (κ3) is 19.7. The molecule has 10 aromatic rings. The van der Waals surface area contributed by atoms with Crippen LogP contribution >= 0.6 is 24.4 Å². The van der Waals surface area contributed by atoms with Crippen molar-refractivity contribution in [2.45, 2.75) is 0 Å². The largest absolute Gasteiger partial charge is 0.490 e. The summed E-state index contributed by atoms with van der Waals surface area (Å²) in [5.41, 5.74) is 28.7. The summed E-state index contributed by atoms with van der Waals surface area (Å²) < 4.78 is 66.1. The number of hydrogen-bond donors (Lipinski definition) is 13. The van der Waals surface area contributed by atoms with Gasteiger partial charge in [0.1, 0.15) is 90.2 Å². The van der Waals surface area contributed by atoms with Gasteiger partial charge in [0.15, 0.2) is 104 Å². The van der Waals surface area contributed by atoms with E-state index in [0.29, 0.717) is 195 Å². The molecule has 0 unspecified atom stereocenters. The number of nitrogens with one attached hydrogen (secondary N) is 8. The molecule has 0 aliphatic carbocycles. The minimum atomic E-state index is -0.380. The number of nitrogens with zero attached hydrogens (tertiary/aromatic N) is 13. The second-order valence-corrected chi connectivity index (χ2v) is 25.1. The van der Waals surface area contributed by atoms with Crippen LogP contribution in [0.5, 0.6) is 86.2 Å². The van der Waals surface area contributed by atoms with Crippen molar-refractivity contribution in [3.8, 4) is 86.2 Å². The molecule has 18 N–H and O–H groups in total. The third-order valence-electron chi connectivity index (χ3n) is 16.1. The normalized spacial score (nSPS) is 11.7. The number of anilines is 10. The summed E-state index contributed by atoms with van der Waals surface area (Å²) in [6.45, 7) is 4.76. The number of ether oxygens (including phenoxy) is 10. The lowest BCUT2D eigenvalue weighted by molar-refractivity contribution is 0.283. The van der Waals surface area contributed by atoms with Gasteiger partial charge in [0.25, 0.3) is 0 Å². The van der Waals surface area contributed by atoms with E-state index in [4.69, 9.17) is 106 Å². The first-order valence-electron chi connectivity index (χ1n) is 34.3. The molecule has 0 bridgehead atoms. The minimum absolute atomic E-state index is 0.0131. The van der Waals surface area contributed by atoms with Crippen molar-refractivity contribution in [2.24, 2.45) is 73.9 Å². The van der Waals surface area contributed by atoms with Crippen LogP contribution in [0.4, 0.5) is 57.5 Å². The molecule has 39 nitrogen and oxygen atoms in total. The van der Waals surface area contributed by atoms with Gasteiger partial charge in [-0.2, -0.15) is 24.9 Å². The number of nitrogens with two attached hydrogens (primary N) is 5. The van der Waals surface area contributed by atoms with E-state index in [9.17, 15) is 14.4 Å². The molecule has 10 heterocycles. The zero-order valence-corrected chi connectivity index (χ0v) is 63.6. The maximum Gasteiger partial charge on any atom is 0.349 e. The van der Waals surface area contributed by atoms with Gasteiger partial charge in [-0.15, -0.1) is 0 Å². The highest BCUT2D eigenvalue weighted by molar-refractivity contribution is 7.71. The molecule has 5 aromatic carbocycles. The van der Waals surface area contributed by atoms with E-state index in [2.05, 4.69) is 72.1 Å². The Balaban J connectivity index is 0.000000139. The standard InChI is InChI=1S/C15H18N6O3.C14H16N6O3.C14H16N6O2S.C14H16N4O3.C14H16N4O2S/c1-20(14(16)17)6-7-23-9-4-3-5-10-12(9)18-13-11(24-10)8-21(2)15(22)19-13;1-20-7-10-12(19-14(20)21)18-11-8(3-2-4-9(11)23-10)22-6-5-17-13(15)16;1-20-7-10-12(19-14(20)23)18-11-8(3-2-4-9(11)22-10)21-6-5-17-13(15)16;1-15-6-7-20-9-4-3-5-10-12(9)16-13-11(21-10)8-18(2)14(19)17-13;1-15-6-7-19-9-4-3-5-10-12(9)16-13-11(20-10)8-18(2)14(21)17-13/h3-5,8H,6-7H2,1-2H3,(H3,16,17)(H,18,19,22);2-4,7H,5-6H2,1H3,(H4,15,16,17)(H,18,19,21);2-4,7H,5-6H2,1H3,(H4,15,16,17)(H,18,19,23);3-5,8,15H,6-7H2,1-2H3,(H,16,17,19);3-5,8,15H,6-7H2,1-2H3,(H,16,17,21). The minimum Gasteiger partial charge on any atom is -0.490 e. The molecular weight excluding hydrogens is 1490 g/mol. The summed E-state index contributed by atoms with van der Waals surface area (Å²) in [5, 5.41) is 29.1. The fourth-order valence-electron chi connectivity index (χ4n) is 10.4. The van der Waals surface area contributed by atoms with Gasteiger partial charge in [-0.3, -0.25) is 29.1 Å². The SMILES string of the molecule is CN(CCOc1cccc2c1Nc1nc(=O)n(C)cc1O2)C(=N)N.CNCCOc1cccc2c1Nc1nc(=O)n(C)cc1O2.CNCCOc1cccc2c1Nc1nc(=S)n(C)cc1O2.Cn1cc2c(nc1=O)Nc1c(OCCN=C(N)N)cccc1O2.Cn1cc2c(nc1=S)Nc1c(OCCN=C(N)N)cccc1O2. The number of aromatic nitrogens is 10. The highest BCUT2D eigenvalue weighted by Gasteiger charge is 2.28. The Morgan fingerprint density at radius 3 is 0.946 bits per heavy atom. The van der Waals surface area contributed by atoms with Crippen LogP contribution < -0.4 is 130 Å². The zero-order chi connectivity index (χ0) is 79.7. The maximum atomic E-state index is 11.7. The smallest absolute Gasteiger partial charge is 0.349 e. The van der Waals surface area contributed by atoms with Gasteiger partial charge >= 0.3 is 17.1 Å². The van der Waals surface area contributed by atoms with Crippen molar-refractivity contribution in [2.75, 3.05) is 113 Å². The third-order valence-corrected chi connectivity index (χ3v) is 16.9. The van der Waals surface area contributed by atoms with E-state index < -0.39 is 0 Å². The zero-order valence-electron chi connectivity index (χ0n) is 61.9. The molecule has 0 saturated heterocycles. The molecule has 586 valence electrons. The second-order valence-electron chi connectivity index (χ2n) is 24.4. The number of benzene rings is 5. The average Bonchev–Trinajstić information content (AvgIpc) is 0.807. The summed E-state index contributed by atoms with van der Waals surface area (Å²) >= 11 is 10.3. The molecule has 5 aliphatic heterocycles. The van der Waals surface area contributed by atoms with E-state index >= 15 is 0 Å². The predicted molar refractivity (Wildman–Crippen MR) is 427 cm³/mol. The number of rotatable bonds is 20. The topological polar surface area (TPSA) is 499 Å². The van der Waals surface area contributed by atoms with Crippen LogP contribution in [0.2, 0.25) is 0 Å². The molecule has 41 heteroatoms.